The first-order valence-corrected chi connectivity index (χ1v) is 11.6. The quantitative estimate of drug-likeness (QED) is 0.469. The van der Waals surface area contributed by atoms with Crippen LogP contribution in [0.2, 0.25) is 0 Å². The normalized spacial score (nSPS) is 15.9. The molecular weight excluding hydrogens is 440 g/mol. The maximum atomic E-state index is 13.1. The maximum Gasteiger partial charge on any atom is 0.270 e. The number of aromatic nitrogens is 1. The van der Waals surface area contributed by atoms with E-state index in [-0.39, 0.29) is 23.1 Å². The summed E-state index contributed by atoms with van der Waals surface area (Å²) < 4.78 is 2.01. The highest BCUT2D eigenvalue weighted by atomic mass is 32.2. The lowest BCUT2D eigenvalue weighted by molar-refractivity contribution is -0.123. The summed E-state index contributed by atoms with van der Waals surface area (Å²) in [5.41, 5.74) is 2.03. The van der Waals surface area contributed by atoms with Gasteiger partial charge in [-0.15, -0.1) is 0 Å². The highest BCUT2D eigenvalue weighted by molar-refractivity contribution is 8.26. The third kappa shape index (κ3) is 4.36. The van der Waals surface area contributed by atoms with Crippen LogP contribution in [0.15, 0.2) is 40.0 Å². The standard InChI is InChI=1S/C24H26N4O2S2/c1-6-15(2)28-23(30)20(32-24(28)31)12-18-16(3)19(13-25)22(29)27(5)21(18)26(4)14-17-10-8-7-9-11-17/h7-12,15H,6,14H2,1-5H3/b20-12-. The molecule has 1 aliphatic heterocycles. The van der Waals surface area contributed by atoms with E-state index in [9.17, 15) is 14.9 Å². The van der Waals surface area contributed by atoms with Crippen molar-refractivity contribution in [3.63, 3.8) is 0 Å². The van der Waals surface area contributed by atoms with Gasteiger partial charge < -0.3 is 4.90 Å². The molecule has 0 radical (unpaired) electrons. The van der Waals surface area contributed by atoms with Crippen LogP contribution >= 0.6 is 24.0 Å². The Hall–Kier alpha value is -2.89. The van der Waals surface area contributed by atoms with E-state index in [4.69, 9.17) is 12.2 Å². The Labute approximate surface area is 198 Å². The van der Waals surface area contributed by atoms with E-state index in [0.29, 0.717) is 32.7 Å². The summed E-state index contributed by atoms with van der Waals surface area (Å²) in [5.74, 6) is 0.502. The fourth-order valence-corrected chi connectivity index (χ4v) is 5.22. The van der Waals surface area contributed by atoms with E-state index >= 15 is 0 Å². The van der Waals surface area contributed by atoms with Gasteiger partial charge in [0, 0.05) is 32.2 Å². The number of thiocarbonyl (C=S) groups is 1. The van der Waals surface area contributed by atoms with Crippen molar-refractivity contribution < 1.29 is 4.79 Å². The first kappa shape index (κ1) is 23.8. The number of amides is 1. The molecule has 1 aromatic carbocycles. The number of hydrogen-bond donors (Lipinski definition) is 0. The zero-order valence-corrected chi connectivity index (χ0v) is 20.5. The number of pyridine rings is 1. The van der Waals surface area contributed by atoms with E-state index in [1.165, 1.54) is 16.3 Å². The molecule has 2 heterocycles. The minimum atomic E-state index is -0.357. The van der Waals surface area contributed by atoms with Crippen LogP contribution in [-0.4, -0.2) is 32.8 Å². The molecule has 3 rings (SSSR count). The second-order valence-corrected chi connectivity index (χ2v) is 9.54. The summed E-state index contributed by atoms with van der Waals surface area (Å²) in [6, 6.07) is 12.0. The molecule has 0 N–H and O–H groups in total. The smallest absolute Gasteiger partial charge is 0.270 e. The van der Waals surface area contributed by atoms with E-state index in [0.717, 1.165) is 12.0 Å². The fraction of sp³-hybridized carbons (Fsp3) is 0.333. The summed E-state index contributed by atoms with van der Waals surface area (Å²) in [7, 11) is 3.55. The van der Waals surface area contributed by atoms with Gasteiger partial charge in [-0.3, -0.25) is 19.1 Å². The predicted molar refractivity (Wildman–Crippen MR) is 134 cm³/mol. The summed E-state index contributed by atoms with van der Waals surface area (Å²) in [4.78, 5) is 30.1. The van der Waals surface area contributed by atoms with Crippen LogP contribution in [0.5, 0.6) is 0 Å². The monoisotopic (exact) mass is 466 g/mol. The van der Waals surface area contributed by atoms with Crippen LogP contribution in [0.3, 0.4) is 0 Å². The Morgan fingerprint density at radius 1 is 1.28 bits per heavy atom. The average Bonchev–Trinajstić information content (AvgIpc) is 3.05. The van der Waals surface area contributed by atoms with E-state index < -0.39 is 0 Å². The molecule has 8 heteroatoms. The zero-order chi connectivity index (χ0) is 23.6. The Bertz CT molecular complexity index is 1200. The minimum Gasteiger partial charge on any atom is -0.356 e. The number of hydrogen-bond acceptors (Lipinski definition) is 6. The highest BCUT2D eigenvalue weighted by Gasteiger charge is 2.35. The van der Waals surface area contributed by atoms with Crippen molar-refractivity contribution in [1.29, 1.82) is 5.26 Å². The Morgan fingerprint density at radius 3 is 2.53 bits per heavy atom. The van der Waals surface area contributed by atoms with E-state index in [1.54, 1.807) is 24.9 Å². The molecule has 2 aromatic rings. The number of carbonyl (C=O) groups excluding carboxylic acids is 1. The molecule has 1 unspecified atom stereocenters. The SMILES string of the molecule is CCC(C)N1C(=O)/C(=C/c2c(C)c(C#N)c(=O)n(C)c2N(C)Cc2ccccc2)SC1=S. The van der Waals surface area contributed by atoms with Gasteiger partial charge in [-0.05, 0) is 37.5 Å². The number of carbonyl (C=O) groups is 1. The molecule has 1 aromatic heterocycles. The largest absolute Gasteiger partial charge is 0.356 e. The zero-order valence-electron chi connectivity index (χ0n) is 18.9. The molecule has 1 atom stereocenters. The number of nitrogens with zero attached hydrogens (tertiary/aromatic N) is 4. The molecule has 166 valence electrons. The topological polar surface area (TPSA) is 69.3 Å². The van der Waals surface area contributed by atoms with Gasteiger partial charge in [-0.25, -0.2) is 0 Å². The van der Waals surface area contributed by atoms with E-state index in [2.05, 4.69) is 0 Å². The lowest BCUT2D eigenvalue weighted by Crippen LogP contribution is -2.36. The second-order valence-electron chi connectivity index (χ2n) is 7.86. The molecule has 0 saturated carbocycles. The molecule has 1 aliphatic rings. The minimum absolute atomic E-state index is 0.00419. The third-order valence-corrected chi connectivity index (χ3v) is 7.05. The van der Waals surface area contributed by atoms with Gasteiger partial charge in [0.05, 0.1) is 4.91 Å². The molecule has 1 amide bonds. The molecule has 6 nitrogen and oxygen atoms in total. The second kappa shape index (κ2) is 9.72. The van der Waals surface area contributed by atoms with Crippen molar-refractivity contribution >= 4 is 46.1 Å². The highest BCUT2D eigenvalue weighted by Crippen LogP contribution is 2.37. The Kier molecular flexibility index (Phi) is 7.22. The van der Waals surface area contributed by atoms with Crippen molar-refractivity contribution in [2.45, 2.75) is 39.8 Å². The molecule has 0 bridgehead atoms. The van der Waals surface area contributed by atoms with Gasteiger partial charge in [-0.1, -0.05) is 61.2 Å². The molecule has 0 spiro atoms. The number of benzene rings is 1. The van der Waals surface area contributed by atoms with Gasteiger partial charge in [0.15, 0.2) is 0 Å². The van der Waals surface area contributed by atoms with Crippen molar-refractivity contribution in [1.82, 2.24) is 9.47 Å². The summed E-state index contributed by atoms with van der Waals surface area (Å²) in [5, 5.41) is 9.62. The fourth-order valence-electron chi connectivity index (χ4n) is 3.78. The summed E-state index contributed by atoms with van der Waals surface area (Å²) in [6.07, 6.45) is 2.57. The lowest BCUT2D eigenvalue weighted by atomic mass is 10.0. The molecule has 1 fully saturated rings. The van der Waals surface area contributed by atoms with Crippen LogP contribution in [-0.2, 0) is 18.4 Å². The molecule has 1 saturated heterocycles. The van der Waals surface area contributed by atoms with Crippen LogP contribution < -0.4 is 10.5 Å². The van der Waals surface area contributed by atoms with Gasteiger partial charge in [0.25, 0.3) is 11.5 Å². The number of thioether (sulfide) groups is 1. The first-order valence-electron chi connectivity index (χ1n) is 10.4. The van der Waals surface area contributed by atoms with Crippen molar-refractivity contribution in [3.8, 4) is 6.07 Å². The van der Waals surface area contributed by atoms with Gasteiger partial charge in [0.1, 0.15) is 21.8 Å². The number of rotatable bonds is 6. The number of nitriles is 1. The van der Waals surface area contributed by atoms with Crippen LogP contribution in [0, 0.1) is 18.3 Å². The summed E-state index contributed by atoms with van der Waals surface area (Å²) in [6.45, 7) is 6.30. The van der Waals surface area contributed by atoms with Gasteiger partial charge in [-0.2, -0.15) is 5.26 Å². The Balaban J connectivity index is 2.17. The lowest BCUT2D eigenvalue weighted by Gasteiger charge is -2.26. The Morgan fingerprint density at radius 2 is 1.94 bits per heavy atom. The predicted octanol–water partition coefficient (Wildman–Crippen LogP) is 4.20. The third-order valence-electron chi connectivity index (χ3n) is 5.72. The molecule has 32 heavy (non-hydrogen) atoms. The number of anilines is 1. The molecular formula is C24H26N4O2S2. The van der Waals surface area contributed by atoms with Crippen molar-refractivity contribution in [2.75, 3.05) is 11.9 Å². The first-order chi connectivity index (χ1) is 15.2. The van der Waals surface area contributed by atoms with Gasteiger partial charge in [0.2, 0.25) is 0 Å². The maximum absolute atomic E-state index is 13.1. The molecule has 0 aliphatic carbocycles. The average molecular weight is 467 g/mol. The van der Waals surface area contributed by atoms with Crippen LogP contribution in [0.25, 0.3) is 6.08 Å². The summed E-state index contributed by atoms with van der Waals surface area (Å²) >= 11 is 6.72. The van der Waals surface area contributed by atoms with Crippen molar-refractivity contribution in [2.24, 2.45) is 7.05 Å². The van der Waals surface area contributed by atoms with E-state index in [1.807, 2.05) is 62.2 Å². The van der Waals surface area contributed by atoms with Crippen molar-refractivity contribution in [3.05, 3.63) is 67.8 Å². The van der Waals surface area contributed by atoms with Crippen LogP contribution in [0.4, 0.5) is 5.82 Å². The van der Waals surface area contributed by atoms with Crippen LogP contribution in [0.1, 0.15) is 42.5 Å². The van der Waals surface area contributed by atoms with Gasteiger partial charge >= 0.3 is 0 Å².